The Balaban J connectivity index is -0.0000000622. The van der Waals surface area contributed by atoms with E-state index in [1.165, 1.54) is 20.8 Å². The van der Waals surface area contributed by atoms with Crippen molar-refractivity contribution in [3.05, 3.63) is 88.8 Å². The molecule has 260 valence electrons. The number of carbonyl (C=O) groups is 3. The molecule has 0 atom stereocenters. The minimum Gasteiger partial charge on any atom is -0.293 e. The van der Waals surface area contributed by atoms with Gasteiger partial charge in [-0.05, 0) is 57.2 Å². The summed E-state index contributed by atoms with van der Waals surface area (Å²) >= 11 is 0. The zero-order chi connectivity index (χ0) is 29.5. The predicted molar refractivity (Wildman–Crippen MR) is 206 cm³/mol. The fourth-order valence-corrected chi connectivity index (χ4v) is 2.84. The third-order valence-electron chi connectivity index (χ3n) is 5.45. The van der Waals surface area contributed by atoms with Gasteiger partial charge in [-0.3, -0.25) is 29.4 Å². The van der Waals surface area contributed by atoms with Crippen LogP contribution in [0.5, 0.6) is 0 Å². The Kier molecular flexibility index (Phi) is 36.3. The van der Waals surface area contributed by atoms with Crippen LogP contribution in [0.2, 0.25) is 0 Å². The first kappa shape index (κ1) is 57.2. The average Bonchev–Trinajstić information content (AvgIpc) is 2.96. The normalized spacial score (nSPS) is 9.72. The van der Waals surface area contributed by atoms with Crippen molar-refractivity contribution in [3.63, 3.8) is 0 Å². The standard InChI is InChI=1S/C11H15N3.C10H12N2O.C9H9NO2.7CH4/c1-8(12-3)10-6-5-7-11(14-10)9(2)13-4;1-7(11-3)9-5-4-6-10(12-9)8(2)13;1-6(11)8-4-3-5-9(10-8)7(2)12;;;;;;;/h5-7H,1-4H3;4-6H,1-3H3;3-5H,1-2H3;7*1H4/p+2. The summed E-state index contributed by atoms with van der Waals surface area (Å²) in [6.45, 7) is 10.1. The van der Waals surface area contributed by atoms with Gasteiger partial charge >= 0.3 is 2.85 Å². The van der Waals surface area contributed by atoms with Gasteiger partial charge in [-0.2, -0.15) is 0 Å². The summed E-state index contributed by atoms with van der Waals surface area (Å²) in [6.07, 6.45) is 0. The summed E-state index contributed by atoms with van der Waals surface area (Å²) in [7, 11) is 5.24. The van der Waals surface area contributed by atoms with E-state index in [1.807, 2.05) is 51.1 Å². The van der Waals surface area contributed by atoms with Crippen molar-refractivity contribution >= 4 is 34.5 Å². The molecule has 0 N–H and O–H groups in total. The largest absolute Gasteiger partial charge is 1.00 e. The van der Waals surface area contributed by atoms with Gasteiger partial charge in [0.15, 0.2) is 17.3 Å². The van der Waals surface area contributed by atoms with E-state index in [0.29, 0.717) is 17.1 Å². The van der Waals surface area contributed by atoms with E-state index in [9.17, 15) is 14.4 Å². The van der Waals surface area contributed by atoms with E-state index in [1.54, 1.807) is 45.4 Å². The maximum atomic E-state index is 11.0. The van der Waals surface area contributed by atoms with Crippen molar-refractivity contribution in [1.29, 1.82) is 0 Å². The van der Waals surface area contributed by atoms with E-state index in [4.69, 9.17) is 0 Å². The maximum absolute atomic E-state index is 11.0. The number of hydrogen-bond acceptors (Lipinski definition) is 9. The molecule has 0 aliphatic carbocycles. The number of pyridine rings is 3. The Morgan fingerprint density at radius 2 is 0.587 bits per heavy atom. The Morgan fingerprint density at radius 3 is 0.783 bits per heavy atom. The lowest BCUT2D eigenvalue weighted by Gasteiger charge is -2.02. The summed E-state index contributed by atoms with van der Waals surface area (Å²) < 4.78 is 0. The van der Waals surface area contributed by atoms with Crippen LogP contribution in [0.4, 0.5) is 0 Å². The second kappa shape index (κ2) is 29.2. The van der Waals surface area contributed by atoms with Crippen molar-refractivity contribution in [1.82, 2.24) is 15.0 Å². The van der Waals surface area contributed by atoms with Crippen LogP contribution in [0.1, 0.15) is 145 Å². The van der Waals surface area contributed by atoms with Crippen LogP contribution in [0.25, 0.3) is 0 Å². The number of aliphatic imine (C=N–C) groups is 3. The molecule has 0 aromatic carbocycles. The number of aromatic nitrogens is 3. The van der Waals surface area contributed by atoms with Gasteiger partial charge in [0.2, 0.25) is 0 Å². The van der Waals surface area contributed by atoms with Crippen LogP contribution >= 0.6 is 0 Å². The molecular formula is C37H66N6O3+2. The van der Waals surface area contributed by atoms with Crippen LogP contribution in [-0.2, 0) is 0 Å². The number of Topliss-reactive ketones (excluding diaryl/α,β-unsaturated/α-hetero) is 3. The highest BCUT2D eigenvalue weighted by atomic mass is 16.1. The van der Waals surface area contributed by atoms with Crippen LogP contribution in [0.3, 0.4) is 0 Å². The van der Waals surface area contributed by atoms with Crippen molar-refractivity contribution in [2.45, 2.75) is 93.5 Å². The van der Waals surface area contributed by atoms with Crippen molar-refractivity contribution in [3.8, 4) is 0 Å². The first-order valence-electron chi connectivity index (χ1n) is 12.2. The Labute approximate surface area is 284 Å². The Hall–Kier alpha value is -4.53. The zero-order valence-corrected chi connectivity index (χ0v) is 24.1. The lowest BCUT2D eigenvalue weighted by molar-refractivity contribution is 0.0995. The lowest BCUT2D eigenvalue weighted by Crippen LogP contribution is -2.04. The third-order valence-corrected chi connectivity index (χ3v) is 5.45. The highest BCUT2D eigenvalue weighted by Crippen LogP contribution is 2.04. The lowest BCUT2D eigenvalue weighted by atomic mass is 10.2. The quantitative estimate of drug-likeness (QED) is 0.194. The molecule has 3 aromatic heterocycles. The summed E-state index contributed by atoms with van der Waals surface area (Å²) in [5, 5.41) is 0. The topological polar surface area (TPSA) is 127 Å². The summed E-state index contributed by atoms with van der Waals surface area (Å²) in [5.74, 6) is -0.276. The molecule has 0 unspecified atom stereocenters. The molecule has 0 saturated heterocycles. The minimum atomic E-state index is -0.127. The molecule has 0 aliphatic heterocycles. The first-order chi connectivity index (χ1) is 18.4. The second-order valence-electron chi connectivity index (χ2n) is 8.32. The van der Waals surface area contributed by atoms with Crippen LogP contribution < -0.4 is 0 Å². The Bertz CT molecular complexity index is 1360. The maximum Gasteiger partial charge on any atom is 1.00 e. The minimum absolute atomic E-state index is 0. The van der Waals surface area contributed by atoms with E-state index in [2.05, 4.69) is 29.9 Å². The highest BCUT2D eigenvalue weighted by molar-refractivity contribution is 6.01. The predicted octanol–water partition coefficient (Wildman–Crippen LogP) is 9.85. The fourth-order valence-electron chi connectivity index (χ4n) is 2.84. The SMILES string of the molecule is C.C.C.C.C.C.C.CC(=O)c1cccc(C(C)=O)n1.CN=C(C)c1cccc(C(C)=NC)n1.CN=C(C)c1cccc(C(C)=O)n1.[H+].[H+]. The number of hydrogen-bond donors (Lipinski definition) is 0. The van der Waals surface area contributed by atoms with Gasteiger partial charge in [-0.1, -0.05) is 70.2 Å². The van der Waals surface area contributed by atoms with Gasteiger partial charge in [0, 0.05) is 41.9 Å². The molecule has 46 heavy (non-hydrogen) atoms. The van der Waals surface area contributed by atoms with E-state index in [-0.39, 0.29) is 72.2 Å². The average molecular weight is 643 g/mol. The number of ketones is 3. The van der Waals surface area contributed by atoms with E-state index in [0.717, 1.165) is 34.2 Å². The van der Waals surface area contributed by atoms with Crippen LogP contribution in [0.15, 0.2) is 69.6 Å². The van der Waals surface area contributed by atoms with Crippen LogP contribution in [0, 0.1) is 0 Å². The van der Waals surface area contributed by atoms with Gasteiger partial charge in [0.05, 0.1) is 34.2 Å². The Morgan fingerprint density at radius 1 is 0.413 bits per heavy atom. The first-order valence-corrected chi connectivity index (χ1v) is 12.2. The summed E-state index contributed by atoms with van der Waals surface area (Å²) in [5.41, 5.74) is 6.46. The molecule has 0 spiro atoms. The number of carbonyl (C=O) groups excluding carboxylic acids is 3. The monoisotopic (exact) mass is 643 g/mol. The smallest absolute Gasteiger partial charge is 0.293 e. The number of rotatable bonds is 6. The molecule has 0 fully saturated rings. The second-order valence-corrected chi connectivity index (χ2v) is 8.32. The van der Waals surface area contributed by atoms with Crippen molar-refractivity contribution < 1.29 is 17.2 Å². The highest BCUT2D eigenvalue weighted by Gasteiger charge is 2.05. The zero-order valence-electron chi connectivity index (χ0n) is 26.1. The summed E-state index contributed by atoms with van der Waals surface area (Å²) in [4.78, 5) is 57.4. The van der Waals surface area contributed by atoms with Gasteiger partial charge in [-0.15, -0.1) is 0 Å². The molecular weight excluding hydrogens is 576 g/mol. The van der Waals surface area contributed by atoms with Gasteiger partial charge < -0.3 is 0 Å². The van der Waals surface area contributed by atoms with Crippen LogP contribution in [-0.4, -0.2) is 70.6 Å². The fraction of sp³-hybridized carbons (Fsp3) is 0.432. The van der Waals surface area contributed by atoms with E-state index < -0.39 is 0 Å². The summed E-state index contributed by atoms with van der Waals surface area (Å²) in [6, 6.07) is 16.1. The number of nitrogens with zero attached hydrogens (tertiary/aromatic N) is 6. The molecule has 0 aliphatic rings. The molecule has 3 rings (SSSR count). The molecule has 9 nitrogen and oxygen atoms in total. The molecule has 0 amide bonds. The third kappa shape index (κ3) is 19.0. The van der Waals surface area contributed by atoms with Crippen molar-refractivity contribution in [2.24, 2.45) is 15.0 Å². The molecule has 3 aromatic rings. The molecule has 3 heterocycles. The van der Waals surface area contributed by atoms with Gasteiger partial charge in [0.1, 0.15) is 17.1 Å². The van der Waals surface area contributed by atoms with Gasteiger partial charge in [0.25, 0.3) is 0 Å². The molecule has 0 radical (unpaired) electrons. The van der Waals surface area contributed by atoms with Gasteiger partial charge in [-0.25, -0.2) is 15.0 Å². The molecule has 9 heteroatoms. The van der Waals surface area contributed by atoms with Crippen molar-refractivity contribution in [2.75, 3.05) is 21.1 Å². The molecule has 0 saturated carbocycles. The molecule has 0 bridgehead atoms. The van der Waals surface area contributed by atoms with E-state index >= 15 is 0 Å².